The summed E-state index contributed by atoms with van der Waals surface area (Å²) in [6, 6.07) is 7.63. The second kappa shape index (κ2) is 6.10. The minimum Gasteiger partial charge on any atom is -0.333 e. The van der Waals surface area contributed by atoms with Gasteiger partial charge in [-0.05, 0) is 43.4 Å². The van der Waals surface area contributed by atoms with Gasteiger partial charge in [-0.1, -0.05) is 28.1 Å². The van der Waals surface area contributed by atoms with Crippen LogP contribution in [-0.2, 0) is 6.54 Å². The van der Waals surface area contributed by atoms with Crippen molar-refractivity contribution in [3.05, 3.63) is 52.5 Å². The summed E-state index contributed by atoms with van der Waals surface area (Å²) in [5.74, 6) is 0. The summed E-state index contributed by atoms with van der Waals surface area (Å²) < 4.78 is 3.44. The van der Waals surface area contributed by atoms with Gasteiger partial charge in [0, 0.05) is 35.5 Å². The van der Waals surface area contributed by atoms with E-state index in [1.54, 1.807) is 0 Å². The van der Waals surface area contributed by atoms with Crippen molar-refractivity contribution in [3.8, 4) is 0 Å². The molecule has 1 aromatic heterocycles. The molecule has 20 heavy (non-hydrogen) atoms. The van der Waals surface area contributed by atoms with Gasteiger partial charge in [-0.25, -0.2) is 4.98 Å². The van der Waals surface area contributed by atoms with Gasteiger partial charge in [-0.2, -0.15) is 0 Å². The Balaban J connectivity index is 1.65. The highest BCUT2D eigenvalue weighted by molar-refractivity contribution is 9.10. The minimum absolute atomic E-state index is 0.539. The summed E-state index contributed by atoms with van der Waals surface area (Å²) in [6.45, 7) is 3.03. The molecule has 0 radical (unpaired) electrons. The standard InChI is InChI=1S/C16H20BrN3/c1-12-5-6-13(14(17)9-12)10-19-15-3-2-4-16(15)20-8-7-18-11-20/h5-9,11,15-16,19H,2-4,10H2,1H3. The van der Waals surface area contributed by atoms with Crippen LogP contribution in [0.1, 0.15) is 36.4 Å². The Bertz CT molecular complexity index is 565. The molecule has 0 spiro atoms. The first-order valence-corrected chi connectivity index (χ1v) is 7.99. The van der Waals surface area contributed by atoms with Gasteiger partial charge >= 0.3 is 0 Å². The van der Waals surface area contributed by atoms with Crippen LogP contribution in [0.25, 0.3) is 0 Å². The zero-order valence-corrected chi connectivity index (χ0v) is 13.3. The quantitative estimate of drug-likeness (QED) is 0.921. The van der Waals surface area contributed by atoms with Gasteiger partial charge in [0.05, 0.1) is 6.33 Å². The Morgan fingerprint density at radius 2 is 2.30 bits per heavy atom. The highest BCUT2D eigenvalue weighted by Crippen LogP contribution is 2.30. The molecule has 0 saturated heterocycles. The van der Waals surface area contributed by atoms with Crippen LogP contribution in [0.4, 0.5) is 0 Å². The maximum Gasteiger partial charge on any atom is 0.0949 e. The second-order valence-electron chi connectivity index (χ2n) is 5.59. The highest BCUT2D eigenvalue weighted by Gasteiger charge is 2.27. The summed E-state index contributed by atoms with van der Waals surface area (Å²) in [4.78, 5) is 4.17. The van der Waals surface area contributed by atoms with E-state index in [0.717, 1.165) is 6.54 Å². The van der Waals surface area contributed by atoms with E-state index < -0.39 is 0 Å². The molecule has 2 aromatic rings. The third-order valence-electron chi connectivity index (χ3n) is 4.15. The van der Waals surface area contributed by atoms with E-state index in [4.69, 9.17) is 0 Å². The average molecular weight is 334 g/mol. The van der Waals surface area contributed by atoms with Crippen LogP contribution < -0.4 is 5.32 Å². The number of aryl methyl sites for hydroxylation is 1. The summed E-state index contributed by atoms with van der Waals surface area (Å²) in [7, 11) is 0. The number of imidazole rings is 1. The molecule has 1 aliphatic rings. The number of nitrogens with zero attached hydrogens (tertiary/aromatic N) is 2. The first kappa shape index (κ1) is 13.8. The second-order valence-corrected chi connectivity index (χ2v) is 6.44. The number of benzene rings is 1. The zero-order valence-electron chi connectivity index (χ0n) is 11.7. The van der Waals surface area contributed by atoms with Crippen LogP contribution in [0.5, 0.6) is 0 Å². The maximum atomic E-state index is 4.17. The molecule has 0 amide bonds. The van der Waals surface area contributed by atoms with Crippen molar-refractivity contribution in [2.24, 2.45) is 0 Å². The third-order valence-corrected chi connectivity index (χ3v) is 4.89. The number of halogens is 1. The largest absolute Gasteiger partial charge is 0.333 e. The molecule has 1 saturated carbocycles. The SMILES string of the molecule is Cc1ccc(CNC2CCCC2n2ccnc2)c(Br)c1. The summed E-state index contributed by atoms with van der Waals surface area (Å²) in [5, 5.41) is 3.72. The number of hydrogen-bond donors (Lipinski definition) is 1. The van der Waals surface area contributed by atoms with Gasteiger partial charge in [0.2, 0.25) is 0 Å². The number of rotatable bonds is 4. The molecule has 0 bridgehead atoms. The fourth-order valence-electron chi connectivity index (χ4n) is 3.04. The lowest BCUT2D eigenvalue weighted by atomic mass is 10.1. The van der Waals surface area contributed by atoms with Crippen LogP contribution in [-0.4, -0.2) is 15.6 Å². The zero-order chi connectivity index (χ0) is 13.9. The molecule has 1 fully saturated rings. The van der Waals surface area contributed by atoms with Crippen molar-refractivity contribution < 1.29 is 0 Å². The highest BCUT2D eigenvalue weighted by atomic mass is 79.9. The van der Waals surface area contributed by atoms with E-state index in [-0.39, 0.29) is 0 Å². The molecule has 1 N–H and O–H groups in total. The number of hydrogen-bond acceptors (Lipinski definition) is 2. The molecule has 2 atom stereocenters. The van der Waals surface area contributed by atoms with E-state index in [9.17, 15) is 0 Å². The van der Waals surface area contributed by atoms with E-state index in [2.05, 4.69) is 62.1 Å². The Morgan fingerprint density at radius 1 is 1.40 bits per heavy atom. The Morgan fingerprint density at radius 3 is 3.05 bits per heavy atom. The lowest BCUT2D eigenvalue weighted by molar-refractivity contribution is 0.390. The summed E-state index contributed by atoms with van der Waals surface area (Å²) in [5.41, 5.74) is 2.62. The normalized spacial score (nSPS) is 22.3. The molecule has 4 heteroatoms. The molecule has 0 aliphatic heterocycles. The number of aromatic nitrogens is 2. The van der Waals surface area contributed by atoms with E-state index in [1.807, 2.05) is 12.5 Å². The Labute approximate surface area is 128 Å². The maximum absolute atomic E-state index is 4.17. The van der Waals surface area contributed by atoms with Crippen LogP contribution in [0, 0.1) is 6.92 Å². The molecule has 1 heterocycles. The molecule has 1 aromatic carbocycles. The molecule has 3 nitrogen and oxygen atoms in total. The lowest BCUT2D eigenvalue weighted by Crippen LogP contribution is -2.33. The summed E-state index contributed by atoms with van der Waals surface area (Å²) in [6.07, 6.45) is 9.65. The van der Waals surface area contributed by atoms with Crippen molar-refractivity contribution in [3.63, 3.8) is 0 Å². The first-order valence-electron chi connectivity index (χ1n) is 7.20. The van der Waals surface area contributed by atoms with Crippen LogP contribution in [0.2, 0.25) is 0 Å². The number of nitrogens with one attached hydrogen (secondary N) is 1. The van der Waals surface area contributed by atoms with Crippen LogP contribution in [0.3, 0.4) is 0 Å². The predicted molar refractivity (Wildman–Crippen MR) is 84.6 cm³/mol. The van der Waals surface area contributed by atoms with Crippen molar-refractivity contribution >= 4 is 15.9 Å². The summed E-state index contributed by atoms with van der Waals surface area (Å²) >= 11 is 3.66. The van der Waals surface area contributed by atoms with Crippen molar-refractivity contribution in [2.45, 2.75) is 44.8 Å². The lowest BCUT2D eigenvalue weighted by Gasteiger charge is -2.22. The van der Waals surface area contributed by atoms with E-state index in [0.29, 0.717) is 12.1 Å². The van der Waals surface area contributed by atoms with Gasteiger partial charge < -0.3 is 9.88 Å². The van der Waals surface area contributed by atoms with Gasteiger partial charge in [0.25, 0.3) is 0 Å². The van der Waals surface area contributed by atoms with Gasteiger partial charge in [0.1, 0.15) is 0 Å². The van der Waals surface area contributed by atoms with Crippen LogP contribution in [0.15, 0.2) is 41.4 Å². The third kappa shape index (κ3) is 2.96. The van der Waals surface area contributed by atoms with Gasteiger partial charge in [-0.15, -0.1) is 0 Å². The fraction of sp³-hybridized carbons (Fsp3) is 0.438. The van der Waals surface area contributed by atoms with Crippen molar-refractivity contribution in [1.29, 1.82) is 0 Å². The minimum atomic E-state index is 0.539. The van der Waals surface area contributed by atoms with Crippen molar-refractivity contribution in [2.75, 3.05) is 0 Å². The van der Waals surface area contributed by atoms with Gasteiger partial charge in [0.15, 0.2) is 0 Å². The smallest absolute Gasteiger partial charge is 0.0949 e. The van der Waals surface area contributed by atoms with E-state index >= 15 is 0 Å². The molecule has 106 valence electrons. The fourth-order valence-corrected chi connectivity index (χ4v) is 3.67. The Hall–Kier alpha value is -1.13. The predicted octanol–water partition coefficient (Wildman–Crippen LogP) is 3.84. The molecule has 2 unspecified atom stereocenters. The molecular formula is C16H20BrN3. The van der Waals surface area contributed by atoms with Gasteiger partial charge in [-0.3, -0.25) is 0 Å². The van der Waals surface area contributed by atoms with E-state index in [1.165, 1.54) is 34.9 Å². The monoisotopic (exact) mass is 333 g/mol. The topological polar surface area (TPSA) is 29.9 Å². The Kier molecular flexibility index (Phi) is 4.22. The van der Waals surface area contributed by atoms with Crippen LogP contribution >= 0.6 is 15.9 Å². The average Bonchev–Trinajstić information content (AvgIpc) is 3.08. The molecule has 3 rings (SSSR count). The molecular weight excluding hydrogens is 314 g/mol. The molecule has 1 aliphatic carbocycles. The van der Waals surface area contributed by atoms with Crippen molar-refractivity contribution in [1.82, 2.24) is 14.9 Å². The first-order chi connectivity index (χ1) is 9.74.